The van der Waals surface area contributed by atoms with Gasteiger partial charge in [-0.3, -0.25) is 4.79 Å². The number of rotatable bonds is 6. The van der Waals surface area contributed by atoms with Crippen molar-refractivity contribution < 1.29 is 4.74 Å². The molecule has 1 saturated carbocycles. The highest BCUT2D eigenvalue weighted by Gasteiger charge is 2.39. The molecule has 26 heavy (non-hydrogen) atoms. The van der Waals surface area contributed by atoms with Crippen molar-refractivity contribution in [2.45, 2.75) is 77.9 Å². The van der Waals surface area contributed by atoms with E-state index in [1.807, 2.05) is 25.1 Å². The fraction of sp³-hybridized carbons (Fsp3) is 0.591. The van der Waals surface area contributed by atoms with Gasteiger partial charge in [-0.2, -0.15) is 0 Å². The normalized spacial score (nSPS) is 24.5. The number of aromatic amines is 1. The summed E-state index contributed by atoms with van der Waals surface area (Å²) in [4.78, 5) is 14.7. The van der Waals surface area contributed by atoms with E-state index in [1.54, 1.807) is 6.20 Å². The Labute approximate surface area is 156 Å². The Bertz CT molecular complexity index is 803. The minimum absolute atomic E-state index is 0.0487. The van der Waals surface area contributed by atoms with Gasteiger partial charge in [0.05, 0.1) is 6.10 Å². The van der Waals surface area contributed by atoms with Crippen LogP contribution in [0.3, 0.4) is 0 Å². The largest absolute Gasteiger partial charge is 0.490 e. The second kappa shape index (κ2) is 7.83. The number of aryl methyl sites for hydroxylation is 1. The summed E-state index contributed by atoms with van der Waals surface area (Å²) in [5.41, 5.74) is 7.78. The molecule has 0 aliphatic heterocycles. The van der Waals surface area contributed by atoms with E-state index in [9.17, 15) is 4.79 Å². The van der Waals surface area contributed by atoms with Gasteiger partial charge in [0.15, 0.2) is 0 Å². The van der Waals surface area contributed by atoms with E-state index in [2.05, 4.69) is 18.8 Å². The van der Waals surface area contributed by atoms with Gasteiger partial charge in [-0.1, -0.05) is 20.3 Å². The first kappa shape index (κ1) is 19.0. The summed E-state index contributed by atoms with van der Waals surface area (Å²) in [6.45, 7) is 6.50. The van der Waals surface area contributed by atoms with E-state index in [1.165, 1.54) is 0 Å². The Hall–Kier alpha value is -1.81. The Balaban J connectivity index is 1.72. The molecule has 3 rings (SSSR count). The maximum atomic E-state index is 11.9. The van der Waals surface area contributed by atoms with Crippen molar-refractivity contribution in [2.24, 2.45) is 11.1 Å². The first-order chi connectivity index (χ1) is 12.5. The summed E-state index contributed by atoms with van der Waals surface area (Å²) in [6, 6.07) is 6.16. The second-order valence-electron chi connectivity index (χ2n) is 7.94. The number of ether oxygens (including phenoxy) is 1. The Morgan fingerprint density at radius 2 is 2.04 bits per heavy atom. The number of nitrogens with two attached hydrogens (primary N) is 1. The average Bonchev–Trinajstić information content (AvgIpc) is 2.64. The van der Waals surface area contributed by atoms with Crippen LogP contribution in [0.4, 0.5) is 0 Å². The molecular formula is C22H32N2O2. The maximum Gasteiger partial charge on any atom is 0.255 e. The minimum Gasteiger partial charge on any atom is -0.490 e. The molecule has 0 bridgehead atoms. The van der Waals surface area contributed by atoms with Gasteiger partial charge in [0.2, 0.25) is 0 Å². The van der Waals surface area contributed by atoms with Crippen molar-refractivity contribution >= 4 is 10.8 Å². The molecule has 4 nitrogen and oxygen atoms in total. The van der Waals surface area contributed by atoms with Crippen molar-refractivity contribution in [1.29, 1.82) is 0 Å². The van der Waals surface area contributed by atoms with Crippen LogP contribution in [0.15, 0.2) is 29.2 Å². The lowest BCUT2D eigenvalue weighted by Crippen LogP contribution is -2.45. The molecule has 1 fully saturated rings. The first-order valence-corrected chi connectivity index (χ1v) is 10.0. The lowest BCUT2D eigenvalue weighted by molar-refractivity contribution is 0.0552. The predicted molar refractivity (Wildman–Crippen MR) is 108 cm³/mol. The van der Waals surface area contributed by atoms with Gasteiger partial charge in [0.1, 0.15) is 5.75 Å². The summed E-state index contributed by atoms with van der Waals surface area (Å²) in [6.07, 6.45) is 9.73. The zero-order valence-electron chi connectivity index (χ0n) is 16.3. The van der Waals surface area contributed by atoms with Crippen LogP contribution in [0, 0.1) is 12.3 Å². The van der Waals surface area contributed by atoms with E-state index in [0.29, 0.717) is 6.04 Å². The van der Waals surface area contributed by atoms with Gasteiger partial charge in [-0.05, 0) is 80.0 Å². The van der Waals surface area contributed by atoms with E-state index >= 15 is 0 Å². The van der Waals surface area contributed by atoms with Gasteiger partial charge < -0.3 is 15.5 Å². The molecule has 1 atom stereocenters. The van der Waals surface area contributed by atoms with Crippen molar-refractivity contribution in [3.8, 4) is 5.75 Å². The average molecular weight is 357 g/mol. The molecule has 0 spiro atoms. The highest BCUT2D eigenvalue weighted by Crippen LogP contribution is 2.43. The highest BCUT2D eigenvalue weighted by molar-refractivity contribution is 5.83. The van der Waals surface area contributed by atoms with Crippen molar-refractivity contribution in [1.82, 2.24) is 4.98 Å². The molecule has 1 aliphatic carbocycles. The lowest BCUT2D eigenvalue weighted by atomic mass is 9.66. The molecule has 1 aliphatic rings. The second-order valence-corrected chi connectivity index (χ2v) is 7.94. The van der Waals surface area contributed by atoms with E-state index in [0.717, 1.165) is 67.0 Å². The number of benzene rings is 1. The van der Waals surface area contributed by atoms with Crippen LogP contribution in [0.25, 0.3) is 10.8 Å². The maximum absolute atomic E-state index is 11.9. The number of nitrogens with one attached hydrogen (secondary N) is 1. The molecule has 142 valence electrons. The molecule has 4 heteroatoms. The fourth-order valence-electron chi connectivity index (χ4n) is 4.52. The Kier molecular flexibility index (Phi) is 5.71. The molecule has 3 N–H and O–H groups in total. The summed E-state index contributed by atoms with van der Waals surface area (Å²) < 4.78 is 6.36. The fourth-order valence-corrected chi connectivity index (χ4v) is 4.52. The van der Waals surface area contributed by atoms with Crippen molar-refractivity contribution in [2.75, 3.05) is 0 Å². The van der Waals surface area contributed by atoms with Gasteiger partial charge in [-0.15, -0.1) is 0 Å². The van der Waals surface area contributed by atoms with Crippen LogP contribution in [-0.4, -0.2) is 17.1 Å². The van der Waals surface area contributed by atoms with E-state index < -0.39 is 0 Å². The molecular weight excluding hydrogens is 324 g/mol. The molecule has 1 unspecified atom stereocenters. The third-order valence-corrected chi connectivity index (χ3v) is 6.38. The van der Waals surface area contributed by atoms with Crippen LogP contribution in [-0.2, 0) is 0 Å². The number of fused-ring (bicyclic) bond motifs is 1. The summed E-state index contributed by atoms with van der Waals surface area (Å²) in [5, 5.41) is 1.65. The van der Waals surface area contributed by atoms with E-state index in [4.69, 9.17) is 10.5 Å². The first-order valence-electron chi connectivity index (χ1n) is 10.0. The van der Waals surface area contributed by atoms with Gasteiger partial charge in [0, 0.05) is 17.6 Å². The van der Waals surface area contributed by atoms with Crippen LogP contribution in [0.1, 0.15) is 64.4 Å². The minimum atomic E-state index is -0.0487. The zero-order chi connectivity index (χ0) is 18.7. The SMILES string of the molecule is CCCC(N)C1(CC)CCC(Oc2cc3cc[nH]c(=O)c3cc2C)CC1. The number of H-pyrrole nitrogens is 1. The Morgan fingerprint density at radius 3 is 2.69 bits per heavy atom. The molecule has 0 amide bonds. The monoisotopic (exact) mass is 356 g/mol. The number of pyridine rings is 1. The quantitative estimate of drug-likeness (QED) is 0.789. The standard InChI is InChI=1S/C22H32N2O2/c1-4-6-20(23)22(5-2)10-7-17(8-11-22)26-19-14-16-9-12-24-21(25)18(16)13-15(19)3/h9,12-14,17,20H,4-8,10-11,23H2,1-3H3,(H,24,25). The third-order valence-electron chi connectivity index (χ3n) is 6.38. The van der Waals surface area contributed by atoms with Crippen LogP contribution < -0.4 is 16.0 Å². The predicted octanol–water partition coefficient (Wildman–Crippen LogP) is 4.68. The molecule has 1 aromatic carbocycles. The molecule has 1 heterocycles. The van der Waals surface area contributed by atoms with Gasteiger partial charge in [-0.25, -0.2) is 0 Å². The number of hydrogen-bond acceptors (Lipinski definition) is 3. The van der Waals surface area contributed by atoms with Gasteiger partial charge in [0.25, 0.3) is 5.56 Å². The van der Waals surface area contributed by atoms with Crippen molar-refractivity contribution in [3.05, 3.63) is 40.3 Å². The van der Waals surface area contributed by atoms with Crippen LogP contribution in [0.5, 0.6) is 5.75 Å². The lowest BCUT2D eigenvalue weighted by Gasteiger charge is -2.44. The van der Waals surface area contributed by atoms with Crippen LogP contribution >= 0.6 is 0 Å². The third kappa shape index (κ3) is 3.66. The van der Waals surface area contributed by atoms with Crippen LogP contribution in [0.2, 0.25) is 0 Å². The molecule has 1 aromatic heterocycles. The molecule has 0 saturated heterocycles. The Morgan fingerprint density at radius 1 is 1.31 bits per heavy atom. The summed E-state index contributed by atoms with van der Waals surface area (Å²) in [7, 11) is 0. The summed E-state index contributed by atoms with van der Waals surface area (Å²) >= 11 is 0. The van der Waals surface area contributed by atoms with Crippen molar-refractivity contribution in [3.63, 3.8) is 0 Å². The summed E-state index contributed by atoms with van der Waals surface area (Å²) in [5.74, 6) is 0.898. The zero-order valence-corrected chi connectivity index (χ0v) is 16.3. The number of aromatic nitrogens is 1. The van der Waals surface area contributed by atoms with Gasteiger partial charge >= 0.3 is 0 Å². The molecule has 0 radical (unpaired) electrons. The van der Waals surface area contributed by atoms with E-state index in [-0.39, 0.29) is 17.1 Å². The highest BCUT2D eigenvalue weighted by atomic mass is 16.5. The number of hydrogen-bond donors (Lipinski definition) is 2. The molecule has 2 aromatic rings. The topological polar surface area (TPSA) is 68.1 Å². The smallest absolute Gasteiger partial charge is 0.255 e.